The third kappa shape index (κ3) is 5.74. The zero-order chi connectivity index (χ0) is 21.5. The van der Waals surface area contributed by atoms with Crippen molar-refractivity contribution in [1.82, 2.24) is 9.88 Å². The molecule has 3 rings (SSSR count). The summed E-state index contributed by atoms with van der Waals surface area (Å²) in [5.41, 5.74) is 2.21. The number of hydrogen-bond donors (Lipinski definition) is 1. The van der Waals surface area contributed by atoms with Gasteiger partial charge in [-0.3, -0.25) is 9.59 Å². The van der Waals surface area contributed by atoms with Crippen molar-refractivity contribution < 1.29 is 18.7 Å². The summed E-state index contributed by atoms with van der Waals surface area (Å²) in [5, 5.41) is 4.86. The number of anilines is 1. The quantitative estimate of drug-likeness (QED) is 0.580. The Morgan fingerprint density at radius 1 is 1.23 bits per heavy atom. The van der Waals surface area contributed by atoms with Crippen LogP contribution >= 0.6 is 11.3 Å². The maximum absolute atomic E-state index is 13.0. The van der Waals surface area contributed by atoms with Gasteiger partial charge in [0, 0.05) is 24.1 Å². The molecule has 1 aromatic heterocycles. The number of likely N-dealkylation sites (N-methyl/N-ethyl adjacent to an activating group) is 1. The molecule has 6 nitrogen and oxygen atoms in total. The lowest BCUT2D eigenvalue weighted by atomic mass is 10.2. The van der Waals surface area contributed by atoms with Gasteiger partial charge in [0.1, 0.15) is 11.6 Å². The van der Waals surface area contributed by atoms with Crippen LogP contribution in [0.15, 0.2) is 60.0 Å². The second-order valence-electron chi connectivity index (χ2n) is 6.40. The predicted molar refractivity (Wildman–Crippen MR) is 116 cm³/mol. The molecule has 0 unspecified atom stereocenters. The van der Waals surface area contributed by atoms with Crippen LogP contribution in [0.3, 0.4) is 0 Å². The molecule has 1 N–H and O–H groups in total. The molecular weight excluding hydrogens is 405 g/mol. The monoisotopic (exact) mass is 425 g/mol. The van der Waals surface area contributed by atoms with Crippen LogP contribution in [0.2, 0.25) is 0 Å². The van der Waals surface area contributed by atoms with Gasteiger partial charge < -0.3 is 15.0 Å². The van der Waals surface area contributed by atoms with E-state index < -0.39 is 0 Å². The fraction of sp³-hybridized carbons (Fsp3) is 0.136. The van der Waals surface area contributed by atoms with E-state index in [4.69, 9.17) is 4.74 Å². The Morgan fingerprint density at radius 3 is 2.73 bits per heavy atom. The van der Waals surface area contributed by atoms with Gasteiger partial charge in [0.15, 0.2) is 5.13 Å². The van der Waals surface area contributed by atoms with Crippen LogP contribution < -0.4 is 10.1 Å². The highest BCUT2D eigenvalue weighted by atomic mass is 32.1. The van der Waals surface area contributed by atoms with Crippen LogP contribution in [-0.4, -0.2) is 42.4 Å². The van der Waals surface area contributed by atoms with Gasteiger partial charge in [-0.05, 0) is 48.0 Å². The minimum absolute atomic E-state index is 0.118. The SMILES string of the molecule is COc1cccc(/C=C/C(=O)N(C)CC(=O)Nc2nc(-c3ccc(F)cc3)cs2)c1. The van der Waals surface area contributed by atoms with E-state index >= 15 is 0 Å². The van der Waals surface area contributed by atoms with E-state index in [9.17, 15) is 14.0 Å². The first-order valence-electron chi connectivity index (χ1n) is 9.03. The summed E-state index contributed by atoms with van der Waals surface area (Å²) in [6.07, 6.45) is 3.06. The lowest BCUT2D eigenvalue weighted by Crippen LogP contribution is -2.33. The minimum atomic E-state index is -0.361. The van der Waals surface area contributed by atoms with Crippen LogP contribution in [0.5, 0.6) is 5.75 Å². The van der Waals surface area contributed by atoms with Gasteiger partial charge in [-0.25, -0.2) is 9.37 Å². The first-order valence-corrected chi connectivity index (χ1v) is 9.91. The largest absolute Gasteiger partial charge is 0.497 e. The van der Waals surface area contributed by atoms with Crippen molar-refractivity contribution in [2.24, 2.45) is 0 Å². The molecule has 0 spiro atoms. The first-order chi connectivity index (χ1) is 14.4. The molecule has 0 bridgehead atoms. The number of halogens is 1. The minimum Gasteiger partial charge on any atom is -0.497 e. The number of amides is 2. The number of carbonyl (C=O) groups is 2. The molecule has 154 valence electrons. The lowest BCUT2D eigenvalue weighted by molar-refractivity contribution is -0.129. The fourth-order valence-corrected chi connectivity index (χ4v) is 3.31. The summed E-state index contributed by atoms with van der Waals surface area (Å²) in [7, 11) is 3.12. The highest BCUT2D eigenvalue weighted by Crippen LogP contribution is 2.25. The molecule has 0 aliphatic carbocycles. The number of methoxy groups -OCH3 is 1. The van der Waals surface area contributed by atoms with E-state index in [-0.39, 0.29) is 24.2 Å². The van der Waals surface area contributed by atoms with Crippen LogP contribution in [0, 0.1) is 5.82 Å². The number of nitrogens with zero attached hydrogens (tertiary/aromatic N) is 2. The number of thiazole rings is 1. The zero-order valence-electron chi connectivity index (χ0n) is 16.5. The molecule has 3 aromatic rings. The van der Waals surface area contributed by atoms with Crippen molar-refractivity contribution >= 4 is 34.4 Å². The number of rotatable bonds is 7. The second-order valence-corrected chi connectivity index (χ2v) is 7.26. The van der Waals surface area contributed by atoms with Crippen molar-refractivity contribution in [1.29, 1.82) is 0 Å². The standard InChI is InChI=1S/C22H20FN3O3S/c1-26(21(28)11-6-15-4-3-5-18(12-15)29-2)13-20(27)25-22-24-19(14-30-22)16-7-9-17(23)10-8-16/h3-12,14H,13H2,1-2H3,(H,24,25,27)/b11-6+. The van der Waals surface area contributed by atoms with E-state index in [2.05, 4.69) is 10.3 Å². The molecule has 0 aliphatic heterocycles. The average molecular weight is 425 g/mol. The van der Waals surface area contributed by atoms with E-state index in [1.54, 1.807) is 43.8 Å². The number of aromatic nitrogens is 1. The second kappa shape index (κ2) is 9.80. The number of benzene rings is 2. The molecule has 0 fully saturated rings. The molecule has 0 atom stereocenters. The van der Waals surface area contributed by atoms with Gasteiger partial charge in [-0.1, -0.05) is 12.1 Å². The van der Waals surface area contributed by atoms with Gasteiger partial charge in [0.05, 0.1) is 19.3 Å². The van der Waals surface area contributed by atoms with Crippen molar-refractivity contribution in [3.8, 4) is 17.0 Å². The van der Waals surface area contributed by atoms with Gasteiger partial charge in [0.2, 0.25) is 11.8 Å². The van der Waals surface area contributed by atoms with Crippen LogP contribution in [0.25, 0.3) is 17.3 Å². The molecule has 0 radical (unpaired) electrons. The zero-order valence-corrected chi connectivity index (χ0v) is 17.3. The fourth-order valence-electron chi connectivity index (χ4n) is 2.58. The summed E-state index contributed by atoms with van der Waals surface area (Å²) >= 11 is 1.26. The Kier molecular flexibility index (Phi) is 6.92. The highest BCUT2D eigenvalue weighted by molar-refractivity contribution is 7.14. The number of carbonyl (C=O) groups excluding carboxylic acids is 2. The molecule has 30 heavy (non-hydrogen) atoms. The maximum Gasteiger partial charge on any atom is 0.246 e. The highest BCUT2D eigenvalue weighted by Gasteiger charge is 2.13. The molecule has 2 amide bonds. The molecule has 8 heteroatoms. The van der Waals surface area contributed by atoms with Crippen molar-refractivity contribution in [3.63, 3.8) is 0 Å². The Morgan fingerprint density at radius 2 is 2.00 bits per heavy atom. The van der Waals surface area contributed by atoms with Crippen LogP contribution in [-0.2, 0) is 9.59 Å². The summed E-state index contributed by atoms with van der Waals surface area (Å²) in [5.74, 6) is -0.295. The summed E-state index contributed by atoms with van der Waals surface area (Å²) < 4.78 is 18.2. The molecule has 0 saturated carbocycles. The smallest absolute Gasteiger partial charge is 0.246 e. The summed E-state index contributed by atoms with van der Waals surface area (Å²) in [6.45, 7) is -0.118. The normalized spacial score (nSPS) is 10.8. The Bertz CT molecular complexity index is 1060. The van der Waals surface area contributed by atoms with Gasteiger partial charge >= 0.3 is 0 Å². The third-order valence-electron chi connectivity index (χ3n) is 4.16. The molecular formula is C22H20FN3O3S. The van der Waals surface area contributed by atoms with Gasteiger partial charge in [-0.15, -0.1) is 11.3 Å². The summed E-state index contributed by atoms with van der Waals surface area (Å²) in [6, 6.07) is 13.2. The van der Waals surface area contributed by atoms with Crippen molar-refractivity contribution in [2.75, 3.05) is 26.0 Å². The van der Waals surface area contributed by atoms with Crippen molar-refractivity contribution in [3.05, 3.63) is 71.4 Å². The average Bonchev–Trinajstić information content (AvgIpc) is 3.20. The van der Waals surface area contributed by atoms with E-state index in [0.717, 1.165) is 11.1 Å². The first kappa shape index (κ1) is 21.2. The predicted octanol–water partition coefficient (Wildman–Crippen LogP) is 4.07. The Hall–Kier alpha value is -3.52. The molecule has 0 aliphatic rings. The van der Waals surface area contributed by atoms with Crippen molar-refractivity contribution in [2.45, 2.75) is 0 Å². The maximum atomic E-state index is 13.0. The molecule has 1 heterocycles. The molecule has 0 saturated heterocycles. The van der Waals surface area contributed by atoms with E-state index in [1.165, 1.54) is 34.4 Å². The number of nitrogens with one attached hydrogen (secondary N) is 1. The van der Waals surface area contributed by atoms with Crippen LogP contribution in [0.4, 0.5) is 9.52 Å². The Balaban J connectivity index is 1.54. The number of ether oxygens (including phenoxy) is 1. The molecule has 2 aromatic carbocycles. The van der Waals surface area contributed by atoms with E-state index in [0.29, 0.717) is 16.6 Å². The van der Waals surface area contributed by atoms with E-state index in [1.807, 2.05) is 18.2 Å². The lowest BCUT2D eigenvalue weighted by Gasteiger charge is -2.14. The van der Waals surface area contributed by atoms with Gasteiger partial charge in [-0.2, -0.15) is 0 Å². The Labute approximate surface area is 177 Å². The topological polar surface area (TPSA) is 71.5 Å². The third-order valence-corrected chi connectivity index (χ3v) is 4.92. The number of hydrogen-bond acceptors (Lipinski definition) is 5. The summed E-state index contributed by atoms with van der Waals surface area (Å²) in [4.78, 5) is 30.1. The van der Waals surface area contributed by atoms with Gasteiger partial charge in [0.25, 0.3) is 0 Å². The van der Waals surface area contributed by atoms with Crippen LogP contribution in [0.1, 0.15) is 5.56 Å².